The summed E-state index contributed by atoms with van der Waals surface area (Å²) in [4.78, 5) is 13.3. The molecule has 2 rings (SSSR count). The molecule has 2 aliphatic rings. The van der Waals surface area contributed by atoms with Gasteiger partial charge in [0.1, 0.15) is 0 Å². The summed E-state index contributed by atoms with van der Waals surface area (Å²) < 4.78 is 0. The molecule has 0 bridgehead atoms. The van der Waals surface area contributed by atoms with Gasteiger partial charge in [-0.3, -0.25) is 9.69 Å². The van der Waals surface area contributed by atoms with Gasteiger partial charge in [0.15, 0.2) is 0 Å². The van der Waals surface area contributed by atoms with Gasteiger partial charge >= 0.3 is 0 Å². The highest BCUT2D eigenvalue weighted by molar-refractivity contribution is 5.85. The van der Waals surface area contributed by atoms with E-state index in [2.05, 4.69) is 15.5 Å². The van der Waals surface area contributed by atoms with Gasteiger partial charge in [0.25, 0.3) is 0 Å². The molecule has 0 spiro atoms. The summed E-state index contributed by atoms with van der Waals surface area (Å²) in [6.45, 7) is 3.21. The molecule has 2 heterocycles. The Morgan fingerprint density at radius 3 is 2.71 bits per heavy atom. The third-order valence-corrected chi connectivity index (χ3v) is 2.66. The van der Waals surface area contributed by atoms with Gasteiger partial charge < -0.3 is 15.7 Å². The van der Waals surface area contributed by atoms with Gasteiger partial charge in [-0.25, -0.2) is 0 Å². The minimum Gasteiger partial charge on any atom is -0.394 e. The van der Waals surface area contributed by atoms with Gasteiger partial charge in [-0.2, -0.15) is 0 Å². The van der Waals surface area contributed by atoms with Crippen LogP contribution in [0.5, 0.6) is 0 Å². The summed E-state index contributed by atoms with van der Waals surface area (Å²) in [5.41, 5.74) is 0. The Morgan fingerprint density at radius 1 is 1.50 bits per heavy atom. The zero-order chi connectivity index (χ0) is 9.26. The van der Waals surface area contributed by atoms with Crippen LogP contribution in [0.25, 0.3) is 0 Å². The van der Waals surface area contributed by atoms with E-state index in [9.17, 15) is 4.79 Å². The molecule has 0 radical (unpaired) electrons. The van der Waals surface area contributed by atoms with Crippen LogP contribution in [-0.4, -0.2) is 60.8 Å². The topological polar surface area (TPSA) is 64.6 Å². The molecule has 0 aromatic heterocycles. The summed E-state index contributed by atoms with van der Waals surface area (Å²) in [6.07, 6.45) is 0. The van der Waals surface area contributed by atoms with E-state index in [4.69, 9.17) is 5.11 Å². The molecule has 2 aliphatic heterocycles. The maximum atomic E-state index is 11.2. The molecule has 14 heavy (non-hydrogen) atoms. The second kappa shape index (κ2) is 4.93. The molecule has 0 aromatic rings. The van der Waals surface area contributed by atoms with E-state index in [0.717, 1.165) is 19.6 Å². The van der Waals surface area contributed by atoms with Crippen LogP contribution in [0.4, 0.5) is 0 Å². The fourth-order valence-corrected chi connectivity index (χ4v) is 1.76. The Morgan fingerprint density at radius 2 is 2.21 bits per heavy atom. The molecule has 0 saturated carbocycles. The highest BCUT2D eigenvalue weighted by atomic mass is 35.5. The first kappa shape index (κ1) is 11.7. The summed E-state index contributed by atoms with van der Waals surface area (Å²) in [6, 6.07) is 0.405. The summed E-state index contributed by atoms with van der Waals surface area (Å²) in [5, 5.41) is 14.9. The number of amides is 1. The fourth-order valence-electron chi connectivity index (χ4n) is 1.76. The van der Waals surface area contributed by atoms with Crippen LogP contribution in [-0.2, 0) is 4.79 Å². The number of nitrogens with one attached hydrogen (secondary N) is 2. The summed E-state index contributed by atoms with van der Waals surface area (Å²) in [7, 11) is 0. The molecular weight excluding hydrogens is 206 g/mol. The normalized spacial score (nSPS) is 28.9. The molecular formula is C8H16ClN3O2. The fraction of sp³-hybridized carbons (Fsp3) is 0.875. The Labute approximate surface area is 89.3 Å². The lowest BCUT2D eigenvalue weighted by Crippen LogP contribution is -2.65. The van der Waals surface area contributed by atoms with Gasteiger partial charge in [0.2, 0.25) is 5.91 Å². The molecule has 1 atom stereocenters. The number of halogens is 1. The van der Waals surface area contributed by atoms with Crippen molar-refractivity contribution >= 4 is 18.3 Å². The van der Waals surface area contributed by atoms with E-state index in [1.54, 1.807) is 0 Å². The molecule has 1 amide bonds. The largest absolute Gasteiger partial charge is 0.394 e. The molecule has 2 fully saturated rings. The van der Waals surface area contributed by atoms with Crippen LogP contribution < -0.4 is 10.6 Å². The second-order valence-corrected chi connectivity index (χ2v) is 3.69. The van der Waals surface area contributed by atoms with Crippen molar-refractivity contribution < 1.29 is 9.90 Å². The monoisotopic (exact) mass is 221 g/mol. The van der Waals surface area contributed by atoms with Crippen molar-refractivity contribution in [1.82, 2.24) is 15.5 Å². The van der Waals surface area contributed by atoms with E-state index in [-0.39, 0.29) is 31.0 Å². The summed E-state index contributed by atoms with van der Waals surface area (Å²) >= 11 is 0. The molecule has 6 heteroatoms. The van der Waals surface area contributed by atoms with Gasteiger partial charge in [-0.1, -0.05) is 0 Å². The van der Waals surface area contributed by atoms with Gasteiger partial charge in [0, 0.05) is 25.7 Å². The first-order valence-electron chi connectivity index (χ1n) is 4.64. The van der Waals surface area contributed by atoms with E-state index in [1.165, 1.54) is 0 Å². The van der Waals surface area contributed by atoms with Crippen molar-refractivity contribution in [2.75, 3.05) is 32.8 Å². The number of nitrogens with zero attached hydrogens (tertiary/aromatic N) is 1. The van der Waals surface area contributed by atoms with Crippen LogP contribution in [0.1, 0.15) is 0 Å². The van der Waals surface area contributed by atoms with Crippen molar-refractivity contribution in [2.24, 2.45) is 0 Å². The smallest absolute Gasteiger partial charge is 0.234 e. The zero-order valence-corrected chi connectivity index (χ0v) is 8.72. The van der Waals surface area contributed by atoms with Gasteiger partial charge in [-0.05, 0) is 0 Å². The van der Waals surface area contributed by atoms with E-state index >= 15 is 0 Å². The number of aliphatic hydroxyl groups excluding tert-OH is 1. The van der Waals surface area contributed by atoms with Crippen molar-refractivity contribution in [2.45, 2.75) is 12.1 Å². The van der Waals surface area contributed by atoms with Crippen molar-refractivity contribution in [3.8, 4) is 0 Å². The lowest BCUT2D eigenvalue weighted by Gasteiger charge is -2.42. The quantitative estimate of drug-likeness (QED) is 0.514. The Bertz CT molecular complexity index is 211. The molecule has 5 nitrogen and oxygen atoms in total. The SMILES string of the molecule is Cl.O=C1CN(C2CNC2)C[C@@H](CO)N1. The minimum atomic E-state index is -0.0816. The summed E-state index contributed by atoms with van der Waals surface area (Å²) in [5.74, 6) is 0.0252. The number of carbonyl (C=O) groups is 1. The van der Waals surface area contributed by atoms with Crippen LogP contribution >= 0.6 is 12.4 Å². The van der Waals surface area contributed by atoms with Crippen molar-refractivity contribution in [3.63, 3.8) is 0 Å². The molecule has 0 unspecified atom stereocenters. The Balaban J connectivity index is 0.000000980. The highest BCUT2D eigenvalue weighted by Gasteiger charge is 2.31. The lowest BCUT2D eigenvalue weighted by atomic mass is 10.1. The number of hydrogen-bond acceptors (Lipinski definition) is 4. The molecule has 3 N–H and O–H groups in total. The molecule has 0 aliphatic carbocycles. The maximum Gasteiger partial charge on any atom is 0.234 e. The third-order valence-electron chi connectivity index (χ3n) is 2.66. The molecule has 82 valence electrons. The number of aliphatic hydroxyl groups is 1. The van der Waals surface area contributed by atoms with Crippen LogP contribution in [0.2, 0.25) is 0 Å². The molecule has 2 saturated heterocycles. The van der Waals surface area contributed by atoms with Crippen LogP contribution in [0.15, 0.2) is 0 Å². The average Bonchev–Trinajstić information content (AvgIpc) is 2.00. The Kier molecular flexibility index (Phi) is 4.12. The highest BCUT2D eigenvalue weighted by Crippen LogP contribution is 2.08. The third kappa shape index (κ3) is 2.36. The van der Waals surface area contributed by atoms with Crippen molar-refractivity contribution in [3.05, 3.63) is 0 Å². The van der Waals surface area contributed by atoms with Gasteiger partial charge in [-0.15, -0.1) is 12.4 Å². The maximum absolute atomic E-state index is 11.2. The van der Waals surface area contributed by atoms with Crippen LogP contribution in [0.3, 0.4) is 0 Å². The van der Waals surface area contributed by atoms with Gasteiger partial charge in [0.05, 0.1) is 19.2 Å². The van der Waals surface area contributed by atoms with Crippen LogP contribution in [0, 0.1) is 0 Å². The molecule has 0 aromatic carbocycles. The second-order valence-electron chi connectivity index (χ2n) is 3.69. The minimum absolute atomic E-state index is 0. The predicted octanol–water partition coefficient (Wildman–Crippen LogP) is -1.83. The standard InChI is InChI=1S/C8H15N3O2.ClH/c12-5-6-3-11(4-8(13)10-6)7-1-9-2-7;/h6-7,9,12H,1-5H2,(H,10,13);1H/t6-;/m0./s1. The number of rotatable bonds is 2. The predicted molar refractivity (Wildman–Crippen MR) is 54.5 cm³/mol. The number of piperazine rings is 1. The Hall–Kier alpha value is -0.360. The zero-order valence-electron chi connectivity index (χ0n) is 7.90. The van der Waals surface area contributed by atoms with Crippen molar-refractivity contribution in [1.29, 1.82) is 0 Å². The average molecular weight is 222 g/mol. The van der Waals surface area contributed by atoms with E-state index in [1.807, 2.05) is 0 Å². The lowest BCUT2D eigenvalue weighted by molar-refractivity contribution is -0.127. The number of carbonyl (C=O) groups excluding carboxylic acids is 1. The first-order chi connectivity index (χ1) is 6.29. The van der Waals surface area contributed by atoms with E-state index < -0.39 is 0 Å². The number of hydrogen-bond donors (Lipinski definition) is 3. The van der Waals surface area contributed by atoms with E-state index in [0.29, 0.717) is 12.6 Å². The first-order valence-corrected chi connectivity index (χ1v) is 4.64.